The highest BCUT2D eigenvalue weighted by Gasteiger charge is 2.19. The van der Waals surface area contributed by atoms with Crippen molar-refractivity contribution in [3.8, 4) is 11.5 Å². The third-order valence-corrected chi connectivity index (χ3v) is 4.88. The van der Waals surface area contributed by atoms with Crippen molar-refractivity contribution in [3.63, 3.8) is 0 Å². The van der Waals surface area contributed by atoms with Crippen LogP contribution in [0.5, 0.6) is 11.5 Å². The van der Waals surface area contributed by atoms with Gasteiger partial charge >= 0.3 is 0 Å². The number of benzene rings is 2. The normalized spacial score (nSPS) is 14.2. The molecule has 0 atom stereocenters. The molecule has 1 heterocycles. The number of rotatable bonds is 5. The summed E-state index contributed by atoms with van der Waals surface area (Å²) >= 11 is 12.0. The van der Waals surface area contributed by atoms with Crippen molar-refractivity contribution in [1.82, 2.24) is 4.90 Å². The average Bonchev–Trinajstić information content (AvgIpc) is 2.67. The summed E-state index contributed by atoms with van der Waals surface area (Å²) in [6, 6.07) is 9.98. The number of methoxy groups -OCH3 is 1. The largest absolute Gasteiger partial charge is 0.493 e. The van der Waals surface area contributed by atoms with E-state index in [9.17, 15) is 4.39 Å². The molecule has 0 N–H and O–H groups in total. The standard InChI is InChI=1S/C19H19ClFNO3S/c1-23-17-11-14(19(26)22-6-8-24-9-7-22)10-15(20)18(17)25-12-13-4-2-3-5-16(13)21/h2-5,10-11H,6-9,12H2,1H3. The second-order valence-corrected chi connectivity index (χ2v) is 6.57. The third kappa shape index (κ3) is 4.26. The van der Waals surface area contributed by atoms with Gasteiger partial charge < -0.3 is 19.1 Å². The van der Waals surface area contributed by atoms with E-state index in [4.69, 9.17) is 38.0 Å². The molecule has 1 fully saturated rings. The van der Waals surface area contributed by atoms with Gasteiger partial charge in [-0.05, 0) is 18.2 Å². The number of hydrogen-bond donors (Lipinski definition) is 0. The highest BCUT2D eigenvalue weighted by Crippen LogP contribution is 2.37. The summed E-state index contributed by atoms with van der Waals surface area (Å²) in [5, 5.41) is 0.367. The topological polar surface area (TPSA) is 30.9 Å². The van der Waals surface area contributed by atoms with Crippen LogP contribution in [0.4, 0.5) is 4.39 Å². The van der Waals surface area contributed by atoms with Gasteiger partial charge in [0.05, 0.1) is 25.3 Å². The molecule has 0 aliphatic carbocycles. The lowest BCUT2D eigenvalue weighted by Gasteiger charge is -2.29. The van der Waals surface area contributed by atoms with Gasteiger partial charge in [0, 0.05) is 24.2 Å². The number of hydrogen-bond acceptors (Lipinski definition) is 4. The van der Waals surface area contributed by atoms with Gasteiger partial charge in [-0.3, -0.25) is 0 Å². The molecule has 0 amide bonds. The lowest BCUT2D eigenvalue weighted by atomic mass is 10.1. The van der Waals surface area contributed by atoms with Crippen molar-refractivity contribution in [1.29, 1.82) is 0 Å². The van der Waals surface area contributed by atoms with Crippen LogP contribution in [-0.4, -0.2) is 43.3 Å². The number of halogens is 2. The molecular weight excluding hydrogens is 377 g/mol. The average molecular weight is 396 g/mol. The van der Waals surface area contributed by atoms with Crippen LogP contribution in [0.3, 0.4) is 0 Å². The van der Waals surface area contributed by atoms with E-state index in [1.54, 1.807) is 30.3 Å². The minimum absolute atomic E-state index is 0.0516. The van der Waals surface area contributed by atoms with Crippen LogP contribution in [0.2, 0.25) is 5.02 Å². The first-order chi connectivity index (χ1) is 12.6. The zero-order valence-electron chi connectivity index (χ0n) is 14.3. The molecule has 1 saturated heterocycles. The Bertz CT molecular complexity index is 796. The maximum Gasteiger partial charge on any atom is 0.180 e. The third-order valence-electron chi connectivity index (χ3n) is 4.10. The van der Waals surface area contributed by atoms with Crippen LogP contribution in [0.1, 0.15) is 11.1 Å². The van der Waals surface area contributed by atoms with E-state index in [0.29, 0.717) is 40.3 Å². The molecule has 0 spiro atoms. The summed E-state index contributed by atoms with van der Waals surface area (Å²) in [6.45, 7) is 2.83. The summed E-state index contributed by atoms with van der Waals surface area (Å²) < 4.78 is 30.3. The van der Waals surface area contributed by atoms with Gasteiger partial charge in [0.2, 0.25) is 0 Å². The number of ether oxygens (including phenoxy) is 3. The molecule has 26 heavy (non-hydrogen) atoms. The Balaban J connectivity index is 1.80. The zero-order chi connectivity index (χ0) is 18.5. The Labute approximate surface area is 162 Å². The summed E-state index contributed by atoms with van der Waals surface area (Å²) in [4.78, 5) is 2.76. The number of thiocarbonyl (C=S) groups is 1. The van der Waals surface area contributed by atoms with Crippen molar-refractivity contribution in [2.45, 2.75) is 6.61 Å². The minimum Gasteiger partial charge on any atom is -0.493 e. The highest BCUT2D eigenvalue weighted by molar-refractivity contribution is 7.80. The molecule has 1 aliphatic heterocycles. The van der Waals surface area contributed by atoms with Crippen LogP contribution in [0, 0.1) is 5.82 Å². The van der Waals surface area contributed by atoms with E-state index in [1.807, 2.05) is 0 Å². The van der Waals surface area contributed by atoms with E-state index < -0.39 is 0 Å². The lowest BCUT2D eigenvalue weighted by Crippen LogP contribution is -2.40. The smallest absolute Gasteiger partial charge is 0.180 e. The second-order valence-electron chi connectivity index (χ2n) is 5.77. The first-order valence-electron chi connectivity index (χ1n) is 8.21. The van der Waals surface area contributed by atoms with Gasteiger partial charge in [-0.2, -0.15) is 0 Å². The van der Waals surface area contributed by atoms with Gasteiger partial charge in [0.15, 0.2) is 11.5 Å². The zero-order valence-corrected chi connectivity index (χ0v) is 15.9. The highest BCUT2D eigenvalue weighted by atomic mass is 35.5. The Morgan fingerprint density at radius 2 is 2.00 bits per heavy atom. The van der Waals surface area contributed by atoms with Crippen molar-refractivity contribution >= 4 is 28.8 Å². The molecule has 2 aromatic carbocycles. The molecule has 3 rings (SSSR count). The second kappa shape index (κ2) is 8.66. The van der Waals surface area contributed by atoms with Crippen LogP contribution >= 0.6 is 23.8 Å². The summed E-state index contributed by atoms with van der Waals surface area (Å²) in [5.41, 5.74) is 1.22. The van der Waals surface area contributed by atoms with Crippen LogP contribution < -0.4 is 9.47 Å². The fourth-order valence-corrected chi connectivity index (χ4v) is 3.26. The quantitative estimate of drug-likeness (QED) is 0.712. The molecule has 0 saturated carbocycles. The van der Waals surface area contributed by atoms with E-state index in [1.165, 1.54) is 13.2 Å². The molecule has 0 unspecified atom stereocenters. The fourth-order valence-electron chi connectivity index (χ4n) is 2.70. The Morgan fingerprint density at radius 1 is 1.27 bits per heavy atom. The Morgan fingerprint density at radius 3 is 2.69 bits per heavy atom. The number of morpholine rings is 1. The monoisotopic (exact) mass is 395 g/mol. The van der Waals surface area contributed by atoms with Crippen LogP contribution in [0.25, 0.3) is 0 Å². The Kier molecular flexibility index (Phi) is 6.29. The summed E-state index contributed by atoms with van der Waals surface area (Å²) in [7, 11) is 1.53. The molecule has 2 aromatic rings. The van der Waals surface area contributed by atoms with E-state index in [2.05, 4.69) is 4.90 Å². The van der Waals surface area contributed by atoms with Gasteiger partial charge in [0.25, 0.3) is 0 Å². The van der Waals surface area contributed by atoms with Crippen molar-refractivity contribution in [2.75, 3.05) is 33.4 Å². The van der Waals surface area contributed by atoms with E-state index in [-0.39, 0.29) is 12.4 Å². The number of nitrogens with zero attached hydrogens (tertiary/aromatic N) is 1. The van der Waals surface area contributed by atoms with Gasteiger partial charge in [-0.15, -0.1) is 0 Å². The van der Waals surface area contributed by atoms with Crippen molar-refractivity contribution < 1.29 is 18.6 Å². The molecule has 7 heteroatoms. The molecule has 0 radical (unpaired) electrons. The lowest BCUT2D eigenvalue weighted by molar-refractivity contribution is 0.0693. The fraction of sp³-hybridized carbons (Fsp3) is 0.316. The maximum atomic E-state index is 13.8. The van der Waals surface area contributed by atoms with Gasteiger partial charge in [-0.25, -0.2) is 4.39 Å². The molecule has 4 nitrogen and oxygen atoms in total. The minimum atomic E-state index is -0.326. The molecule has 0 aromatic heterocycles. The molecular formula is C19H19ClFNO3S. The van der Waals surface area contributed by atoms with Crippen LogP contribution in [0.15, 0.2) is 36.4 Å². The van der Waals surface area contributed by atoms with Crippen LogP contribution in [-0.2, 0) is 11.3 Å². The maximum absolute atomic E-state index is 13.8. The predicted molar refractivity (Wildman–Crippen MR) is 103 cm³/mol. The summed E-state index contributed by atoms with van der Waals surface area (Å²) in [6.07, 6.45) is 0. The molecule has 1 aliphatic rings. The van der Waals surface area contributed by atoms with Crippen molar-refractivity contribution in [2.24, 2.45) is 0 Å². The van der Waals surface area contributed by atoms with E-state index >= 15 is 0 Å². The molecule has 138 valence electrons. The first-order valence-corrected chi connectivity index (χ1v) is 8.99. The SMILES string of the molecule is COc1cc(C(=S)N2CCOCC2)cc(Cl)c1OCc1ccccc1F. The Hall–Kier alpha value is -1.89. The summed E-state index contributed by atoms with van der Waals surface area (Å²) in [5.74, 6) is 0.498. The molecule has 0 bridgehead atoms. The first kappa shape index (κ1) is 18.9. The van der Waals surface area contributed by atoms with E-state index in [0.717, 1.165) is 18.7 Å². The predicted octanol–water partition coefficient (Wildman–Crippen LogP) is 4.07. The van der Waals surface area contributed by atoms with Crippen molar-refractivity contribution in [3.05, 3.63) is 58.4 Å². The van der Waals surface area contributed by atoms with Gasteiger partial charge in [0.1, 0.15) is 17.4 Å². The van der Waals surface area contributed by atoms with Gasteiger partial charge in [-0.1, -0.05) is 42.0 Å².